The highest BCUT2D eigenvalue weighted by atomic mass is 32.2. The third-order valence-corrected chi connectivity index (χ3v) is 5.23. The van der Waals surface area contributed by atoms with Gasteiger partial charge in [0.15, 0.2) is 0 Å². The third kappa shape index (κ3) is 4.82. The fraction of sp³-hybridized carbons (Fsp3) is 0.316. The van der Waals surface area contributed by atoms with Gasteiger partial charge in [-0.3, -0.25) is 9.10 Å². The minimum Gasteiger partial charge on any atom is -0.350 e. The van der Waals surface area contributed by atoms with E-state index < -0.39 is 16.1 Å². The molecule has 0 unspecified atom stereocenters. The van der Waals surface area contributed by atoms with Crippen molar-refractivity contribution >= 4 is 21.6 Å². The first-order valence-electron chi connectivity index (χ1n) is 8.21. The summed E-state index contributed by atoms with van der Waals surface area (Å²) in [4.78, 5) is 12.7. The first-order chi connectivity index (χ1) is 11.8. The zero-order valence-corrected chi connectivity index (χ0v) is 15.6. The molecule has 0 aromatic heterocycles. The summed E-state index contributed by atoms with van der Waals surface area (Å²) in [6.07, 6.45) is 1.50. The number of benzene rings is 2. The number of aryl methyl sites for hydroxylation is 1. The molecule has 0 spiro atoms. The van der Waals surface area contributed by atoms with E-state index in [1.807, 2.05) is 37.3 Å². The lowest BCUT2D eigenvalue weighted by molar-refractivity contribution is -0.122. The van der Waals surface area contributed by atoms with Crippen molar-refractivity contribution in [2.75, 3.05) is 10.6 Å². The molecule has 134 valence electrons. The van der Waals surface area contributed by atoms with Crippen LogP contribution < -0.4 is 9.62 Å². The van der Waals surface area contributed by atoms with Crippen molar-refractivity contribution in [3.05, 3.63) is 65.7 Å². The van der Waals surface area contributed by atoms with Crippen molar-refractivity contribution in [2.24, 2.45) is 0 Å². The van der Waals surface area contributed by atoms with Gasteiger partial charge in [0.1, 0.15) is 6.04 Å². The van der Waals surface area contributed by atoms with Gasteiger partial charge in [0.2, 0.25) is 15.9 Å². The van der Waals surface area contributed by atoms with Gasteiger partial charge in [0.05, 0.1) is 11.9 Å². The summed E-state index contributed by atoms with van der Waals surface area (Å²) in [6, 6.07) is 15.7. The molecule has 0 saturated carbocycles. The molecule has 2 rings (SSSR count). The van der Waals surface area contributed by atoms with Crippen LogP contribution in [0.3, 0.4) is 0 Å². The largest absolute Gasteiger partial charge is 0.350 e. The Morgan fingerprint density at radius 1 is 1.08 bits per heavy atom. The Hall–Kier alpha value is -2.34. The van der Waals surface area contributed by atoms with Gasteiger partial charge in [-0.05, 0) is 36.6 Å². The van der Waals surface area contributed by atoms with Crippen molar-refractivity contribution in [3.63, 3.8) is 0 Å². The number of hydrogen-bond donors (Lipinski definition) is 1. The van der Waals surface area contributed by atoms with Gasteiger partial charge < -0.3 is 5.32 Å². The Morgan fingerprint density at radius 2 is 1.68 bits per heavy atom. The van der Waals surface area contributed by atoms with E-state index in [9.17, 15) is 13.2 Å². The number of para-hydroxylation sites is 1. The number of carbonyl (C=O) groups is 1. The summed E-state index contributed by atoms with van der Waals surface area (Å²) in [6.45, 7) is 4.15. The van der Waals surface area contributed by atoms with Crippen molar-refractivity contribution in [2.45, 2.75) is 32.9 Å². The molecule has 0 fully saturated rings. The molecular weight excluding hydrogens is 336 g/mol. The quantitative estimate of drug-likeness (QED) is 0.826. The van der Waals surface area contributed by atoms with E-state index in [4.69, 9.17) is 0 Å². The second-order valence-corrected chi connectivity index (χ2v) is 7.82. The maximum absolute atomic E-state index is 12.7. The Labute approximate surface area is 149 Å². The Morgan fingerprint density at radius 3 is 2.24 bits per heavy atom. The molecule has 1 N–H and O–H groups in total. The van der Waals surface area contributed by atoms with Crippen LogP contribution in [0, 0.1) is 6.92 Å². The lowest BCUT2D eigenvalue weighted by Crippen LogP contribution is -2.49. The van der Waals surface area contributed by atoms with Crippen LogP contribution in [0.1, 0.15) is 24.5 Å². The number of sulfonamides is 1. The molecule has 1 amide bonds. The second-order valence-electron chi connectivity index (χ2n) is 5.96. The summed E-state index contributed by atoms with van der Waals surface area (Å²) in [5, 5.41) is 2.87. The Kier molecular flexibility index (Phi) is 6.20. The van der Waals surface area contributed by atoms with E-state index in [-0.39, 0.29) is 5.91 Å². The van der Waals surface area contributed by atoms with Crippen molar-refractivity contribution in [3.8, 4) is 0 Å². The van der Waals surface area contributed by atoms with E-state index in [1.54, 1.807) is 31.2 Å². The molecule has 0 bridgehead atoms. The van der Waals surface area contributed by atoms with Gasteiger partial charge in [-0.2, -0.15) is 0 Å². The number of nitrogens with zero attached hydrogens (tertiary/aromatic N) is 1. The number of amides is 1. The molecule has 0 radical (unpaired) electrons. The Balaban J connectivity index is 2.23. The number of rotatable bonds is 7. The van der Waals surface area contributed by atoms with Crippen LogP contribution in [0.15, 0.2) is 54.6 Å². The maximum atomic E-state index is 12.7. The Bertz CT molecular complexity index is 820. The van der Waals surface area contributed by atoms with Gasteiger partial charge in [-0.1, -0.05) is 49.4 Å². The monoisotopic (exact) mass is 360 g/mol. The van der Waals surface area contributed by atoms with E-state index in [0.717, 1.165) is 17.4 Å². The molecule has 0 aliphatic rings. The second kappa shape index (κ2) is 8.16. The molecule has 0 aliphatic carbocycles. The smallest absolute Gasteiger partial charge is 0.244 e. The average molecular weight is 360 g/mol. The number of anilines is 1. The van der Waals surface area contributed by atoms with Gasteiger partial charge in [-0.25, -0.2) is 8.42 Å². The van der Waals surface area contributed by atoms with Gasteiger partial charge in [0.25, 0.3) is 0 Å². The van der Waals surface area contributed by atoms with Crippen LogP contribution in [0.2, 0.25) is 0 Å². The molecular formula is C19H24N2O3S. The van der Waals surface area contributed by atoms with Crippen molar-refractivity contribution in [1.29, 1.82) is 0 Å². The van der Waals surface area contributed by atoms with Crippen LogP contribution in [-0.4, -0.2) is 26.6 Å². The molecule has 25 heavy (non-hydrogen) atoms. The summed E-state index contributed by atoms with van der Waals surface area (Å²) < 4.78 is 25.8. The number of carbonyl (C=O) groups excluding carboxylic acids is 1. The predicted octanol–water partition coefficient (Wildman–Crippen LogP) is 2.86. The summed E-state index contributed by atoms with van der Waals surface area (Å²) >= 11 is 0. The third-order valence-electron chi connectivity index (χ3n) is 4.05. The number of nitrogens with one attached hydrogen (secondary N) is 1. The van der Waals surface area contributed by atoms with Gasteiger partial charge >= 0.3 is 0 Å². The minimum atomic E-state index is -3.59. The van der Waals surface area contributed by atoms with E-state index >= 15 is 0 Å². The normalized spacial score (nSPS) is 12.4. The SMILES string of the molecule is CC[C@@H](C(=O)NCc1ccccc1C)N(c1ccccc1)S(C)(=O)=O. The van der Waals surface area contributed by atoms with E-state index in [1.165, 1.54) is 4.31 Å². The molecule has 2 aromatic carbocycles. The van der Waals surface area contributed by atoms with Crippen LogP contribution in [0.25, 0.3) is 0 Å². The van der Waals surface area contributed by atoms with Crippen molar-refractivity contribution < 1.29 is 13.2 Å². The topological polar surface area (TPSA) is 66.5 Å². The lowest BCUT2D eigenvalue weighted by Gasteiger charge is -2.30. The van der Waals surface area contributed by atoms with Gasteiger partial charge in [-0.15, -0.1) is 0 Å². The fourth-order valence-corrected chi connectivity index (χ4v) is 3.96. The molecule has 5 nitrogen and oxygen atoms in total. The first kappa shape index (κ1) is 19.0. The van der Waals surface area contributed by atoms with Crippen LogP contribution in [0.5, 0.6) is 0 Å². The molecule has 2 aromatic rings. The molecule has 0 saturated heterocycles. The molecule has 1 atom stereocenters. The highest BCUT2D eigenvalue weighted by Gasteiger charge is 2.31. The van der Waals surface area contributed by atoms with Crippen LogP contribution in [-0.2, 0) is 21.4 Å². The zero-order chi connectivity index (χ0) is 18.4. The lowest BCUT2D eigenvalue weighted by atomic mass is 10.1. The predicted molar refractivity (Wildman–Crippen MR) is 101 cm³/mol. The van der Waals surface area contributed by atoms with Crippen LogP contribution >= 0.6 is 0 Å². The first-order valence-corrected chi connectivity index (χ1v) is 10.1. The maximum Gasteiger partial charge on any atom is 0.244 e. The fourth-order valence-electron chi connectivity index (χ4n) is 2.74. The molecule has 0 aliphatic heterocycles. The number of hydrogen-bond acceptors (Lipinski definition) is 3. The standard InChI is InChI=1S/C19H24N2O3S/c1-4-18(19(22)20-14-16-11-9-8-10-15(16)2)21(25(3,23)24)17-12-6-5-7-13-17/h5-13,18H,4,14H2,1-3H3,(H,20,22)/t18-/m0/s1. The minimum absolute atomic E-state index is 0.306. The summed E-state index contributed by atoms with van der Waals surface area (Å²) in [5.41, 5.74) is 2.58. The molecule has 0 heterocycles. The molecule has 6 heteroatoms. The van der Waals surface area contributed by atoms with Crippen molar-refractivity contribution in [1.82, 2.24) is 5.32 Å². The average Bonchev–Trinajstić information content (AvgIpc) is 2.58. The zero-order valence-electron chi connectivity index (χ0n) is 14.8. The summed E-state index contributed by atoms with van der Waals surface area (Å²) in [7, 11) is -3.59. The van der Waals surface area contributed by atoms with Gasteiger partial charge in [0, 0.05) is 6.54 Å². The highest BCUT2D eigenvalue weighted by Crippen LogP contribution is 2.22. The van der Waals surface area contributed by atoms with Crippen LogP contribution in [0.4, 0.5) is 5.69 Å². The van der Waals surface area contributed by atoms with E-state index in [2.05, 4.69) is 5.32 Å². The summed E-state index contributed by atoms with van der Waals surface area (Å²) in [5.74, 6) is -0.306. The van der Waals surface area contributed by atoms with E-state index in [0.29, 0.717) is 18.7 Å². The highest BCUT2D eigenvalue weighted by molar-refractivity contribution is 7.92.